The maximum atomic E-state index is 12.7. The van der Waals surface area contributed by atoms with Gasteiger partial charge in [0, 0.05) is 24.6 Å². The van der Waals surface area contributed by atoms with Crippen LogP contribution in [0.25, 0.3) is 0 Å². The number of carbonyl (C=O) groups excluding carboxylic acids is 1. The molecule has 1 aromatic carbocycles. The van der Waals surface area contributed by atoms with Crippen molar-refractivity contribution in [3.63, 3.8) is 0 Å². The van der Waals surface area contributed by atoms with Gasteiger partial charge < -0.3 is 9.64 Å². The highest BCUT2D eigenvalue weighted by atomic mass is 32.1. The highest BCUT2D eigenvalue weighted by Gasteiger charge is 2.25. The van der Waals surface area contributed by atoms with Gasteiger partial charge in [-0.05, 0) is 42.5 Å². The van der Waals surface area contributed by atoms with Crippen LogP contribution in [-0.4, -0.2) is 24.0 Å². The van der Waals surface area contributed by atoms with E-state index in [4.69, 9.17) is 4.74 Å². The van der Waals surface area contributed by atoms with Crippen molar-refractivity contribution in [3.05, 3.63) is 57.3 Å². The average Bonchev–Trinajstić information content (AvgIpc) is 3.24. The van der Waals surface area contributed by atoms with Gasteiger partial charge in [0.25, 0.3) is 5.91 Å². The summed E-state index contributed by atoms with van der Waals surface area (Å²) in [5, 5.41) is 0. The van der Waals surface area contributed by atoms with Crippen LogP contribution in [0.15, 0.2) is 36.4 Å². The smallest absolute Gasteiger partial charge is 0.264 e. The first-order chi connectivity index (χ1) is 10.8. The number of ether oxygens (including phenoxy) is 1. The molecule has 0 radical (unpaired) electrons. The minimum Gasteiger partial charge on any atom is -0.373 e. The molecule has 0 spiro atoms. The molecule has 0 bridgehead atoms. The van der Waals surface area contributed by atoms with Crippen molar-refractivity contribution < 1.29 is 9.53 Å². The zero-order valence-corrected chi connectivity index (χ0v) is 13.3. The van der Waals surface area contributed by atoms with Gasteiger partial charge >= 0.3 is 0 Å². The fourth-order valence-electron chi connectivity index (χ4n) is 3.27. The van der Waals surface area contributed by atoms with Crippen molar-refractivity contribution in [3.8, 4) is 0 Å². The Morgan fingerprint density at radius 3 is 2.86 bits per heavy atom. The molecule has 1 fully saturated rings. The molecular weight excluding hydrogens is 294 g/mol. The predicted molar refractivity (Wildman–Crippen MR) is 87.1 cm³/mol. The zero-order valence-electron chi connectivity index (χ0n) is 12.5. The minimum absolute atomic E-state index is 0.156. The molecule has 2 aromatic rings. The molecule has 114 valence electrons. The molecule has 1 atom stereocenters. The molecule has 0 saturated carbocycles. The predicted octanol–water partition coefficient (Wildman–Crippen LogP) is 3.80. The molecule has 22 heavy (non-hydrogen) atoms. The number of nitrogens with zero attached hydrogens (tertiary/aromatic N) is 1. The largest absolute Gasteiger partial charge is 0.373 e. The highest BCUT2D eigenvalue weighted by molar-refractivity contribution is 7.14. The summed E-state index contributed by atoms with van der Waals surface area (Å²) in [7, 11) is 0. The maximum Gasteiger partial charge on any atom is 0.264 e. The fourth-order valence-corrected chi connectivity index (χ4v) is 4.33. The lowest BCUT2D eigenvalue weighted by Gasteiger charge is -2.28. The number of amides is 1. The molecule has 0 N–H and O–H groups in total. The standard InChI is InChI=1S/C18H19NO2S/c20-18(17-8-7-16(22-17)15-6-3-11-21-15)19-10-9-13-4-1-2-5-14(13)12-19/h1-2,4-5,7-8,15H,3,6,9-12H2/t15-/m0/s1. The number of rotatable bonds is 2. The summed E-state index contributed by atoms with van der Waals surface area (Å²) in [5.74, 6) is 0.156. The monoisotopic (exact) mass is 313 g/mol. The van der Waals surface area contributed by atoms with Crippen LogP contribution in [0.2, 0.25) is 0 Å². The molecule has 3 heterocycles. The van der Waals surface area contributed by atoms with Gasteiger partial charge in [-0.1, -0.05) is 24.3 Å². The summed E-state index contributed by atoms with van der Waals surface area (Å²) in [6, 6.07) is 12.4. The van der Waals surface area contributed by atoms with E-state index in [9.17, 15) is 4.79 Å². The third kappa shape index (κ3) is 2.57. The Morgan fingerprint density at radius 2 is 2.05 bits per heavy atom. The lowest BCUT2D eigenvalue weighted by molar-refractivity contribution is 0.0739. The molecule has 4 heteroatoms. The van der Waals surface area contributed by atoms with Crippen LogP contribution in [-0.2, 0) is 17.7 Å². The molecular formula is C18H19NO2S. The van der Waals surface area contributed by atoms with E-state index in [1.807, 2.05) is 17.0 Å². The van der Waals surface area contributed by atoms with Crippen LogP contribution in [0.5, 0.6) is 0 Å². The topological polar surface area (TPSA) is 29.5 Å². The number of benzene rings is 1. The van der Waals surface area contributed by atoms with Gasteiger partial charge in [0.2, 0.25) is 0 Å². The Labute approximate surface area is 134 Å². The van der Waals surface area contributed by atoms with Crippen molar-refractivity contribution in [1.82, 2.24) is 4.90 Å². The van der Waals surface area contributed by atoms with Crippen LogP contribution in [0.3, 0.4) is 0 Å². The first kappa shape index (κ1) is 14.0. The minimum atomic E-state index is 0.156. The van der Waals surface area contributed by atoms with E-state index in [-0.39, 0.29) is 12.0 Å². The summed E-state index contributed by atoms with van der Waals surface area (Å²) in [4.78, 5) is 16.7. The Hall–Kier alpha value is -1.65. The van der Waals surface area contributed by atoms with Crippen molar-refractivity contribution in [1.29, 1.82) is 0 Å². The van der Waals surface area contributed by atoms with Crippen LogP contribution < -0.4 is 0 Å². The number of thiophene rings is 1. The number of carbonyl (C=O) groups is 1. The van der Waals surface area contributed by atoms with Crippen molar-refractivity contribution >= 4 is 17.2 Å². The van der Waals surface area contributed by atoms with E-state index >= 15 is 0 Å². The van der Waals surface area contributed by atoms with E-state index in [0.29, 0.717) is 0 Å². The normalized spacial score (nSPS) is 20.9. The molecule has 1 saturated heterocycles. The molecule has 4 rings (SSSR count). The summed E-state index contributed by atoms with van der Waals surface area (Å²) >= 11 is 1.60. The maximum absolute atomic E-state index is 12.7. The Bertz CT molecular complexity index is 688. The van der Waals surface area contributed by atoms with Crippen LogP contribution >= 0.6 is 11.3 Å². The van der Waals surface area contributed by atoms with Crippen LogP contribution in [0.4, 0.5) is 0 Å². The van der Waals surface area contributed by atoms with Crippen molar-refractivity contribution in [2.75, 3.05) is 13.2 Å². The highest BCUT2D eigenvalue weighted by Crippen LogP contribution is 2.34. The SMILES string of the molecule is O=C(c1ccc([C@@H]2CCCO2)s1)N1CCc2ccccc2C1. The van der Waals surface area contributed by atoms with Crippen molar-refractivity contribution in [2.24, 2.45) is 0 Å². The van der Waals surface area contributed by atoms with Crippen molar-refractivity contribution in [2.45, 2.75) is 31.9 Å². The summed E-state index contributed by atoms with van der Waals surface area (Å²) < 4.78 is 5.71. The first-order valence-corrected chi connectivity index (χ1v) is 8.70. The third-order valence-electron chi connectivity index (χ3n) is 4.50. The number of hydrogen-bond donors (Lipinski definition) is 0. The van der Waals surface area contributed by atoms with E-state index in [1.54, 1.807) is 11.3 Å². The van der Waals surface area contributed by atoms with Gasteiger partial charge in [0.1, 0.15) is 0 Å². The quantitative estimate of drug-likeness (QED) is 0.844. The van der Waals surface area contributed by atoms with Crippen LogP contribution in [0.1, 0.15) is 44.6 Å². The fraction of sp³-hybridized carbons (Fsp3) is 0.389. The van der Waals surface area contributed by atoms with Gasteiger partial charge in [-0.25, -0.2) is 0 Å². The number of fused-ring (bicyclic) bond motifs is 1. The number of hydrogen-bond acceptors (Lipinski definition) is 3. The second kappa shape index (κ2) is 5.86. The first-order valence-electron chi connectivity index (χ1n) is 7.88. The second-order valence-electron chi connectivity index (χ2n) is 5.95. The van der Waals surface area contributed by atoms with Crippen LogP contribution in [0, 0.1) is 0 Å². The van der Waals surface area contributed by atoms with Gasteiger partial charge in [-0.2, -0.15) is 0 Å². The van der Waals surface area contributed by atoms with Gasteiger partial charge in [-0.15, -0.1) is 11.3 Å². The zero-order chi connectivity index (χ0) is 14.9. The molecule has 2 aliphatic heterocycles. The molecule has 0 unspecified atom stereocenters. The van der Waals surface area contributed by atoms with Gasteiger partial charge in [0.05, 0.1) is 11.0 Å². The Kier molecular flexibility index (Phi) is 3.72. The Morgan fingerprint density at radius 1 is 1.18 bits per heavy atom. The van der Waals surface area contributed by atoms with E-state index < -0.39 is 0 Å². The summed E-state index contributed by atoms with van der Waals surface area (Å²) in [6.45, 7) is 2.37. The van der Waals surface area contributed by atoms with Gasteiger partial charge in [-0.3, -0.25) is 4.79 Å². The third-order valence-corrected chi connectivity index (χ3v) is 5.67. The molecule has 0 aliphatic carbocycles. The average molecular weight is 313 g/mol. The molecule has 1 amide bonds. The Balaban J connectivity index is 1.50. The lowest BCUT2D eigenvalue weighted by atomic mass is 10.00. The summed E-state index contributed by atoms with van der Waals surface area (Å²) in [5.41, 5.74) is 2.65. The van der Waals surface area contributed by atoms with Gasteiger partial charge in [0.15, 0.2) is 0 Å². The molecule has 3 nitrogen and oxygen atoms in total. The summed E-state index contributed by atoms with van der Waals surface area (Å²) in [6.07, 6.45) is 3.35. The molecule has 1 aromatic heterocycles. The molecule has 2 aliphatic rings. The lowest BCUT2D eigenvalue weighted by Crippen LogP contribution is -2.35. The van der Waals surface area contributed by atoms with E-state index in [0.717, 1.165) is 43.8 Å². The second-order valence-corrected chi connectivity index (χ2v) is 7.06. The van der Waals surface area contributed by atoms with E-state index in [1.165, 1.54) is 16.0 Å². The van der Waals surface area contributed by atoms with E-state index in [2.05, 4.69) is 24.3 Å².